The third-order valence-corrected chi connectivity index (χ3v) is 11.6. The van der Waals surface area contributed by atoms with E-state index in [0.717, 1.165) is 65.5 Å². The Balaban J connectivity index is 1.26. The molecule has 268 valence electrons. The number of rotatable bonds is 14. The predicted octanol–water partition coefficient (Wildman–Crippen LogP) is 1.74. The predicted molar refractivity (Wildman–Crippen MR) is 195 cm³/mol. The van der Waals surface area contributed by atoms with Gasteiger partial charge in [-0.2, -0.15) is 0 Å². The number of carbonyl (C=O) groups excluding carboxylic acids is 4. The minimum atomic E-state index is -4.38. The van der Waals surface area contributed by atoms with Crippen LogP contribution >= 0.6 is 19.4 Å². The van der Waals surface area contributed by atoms with Crippen molar-refractivity contribution in [3.05, 3.63) is 77.9 Å². The summed E-state index contributed by atoms with van der Waals surface area (Å²) in [5, 5.41) is 10.9. The average molecular weight is 725 g/mol. The van der Waals surface area contributed by atoms with E-state index in [1.165, 1.54) is 4.90 Å². The van der Waals surface area contributed by atoms with Gasteiger partial charge in [0.05, 0.1) is 11.9 Å². The number of nitrogens with two attached hydrogens (primary N) is 1. The number of primary amides is 1. The molecule has 2 aliphatic rings. The second-order valence-electron chi connectivity index (χ2n) is 12.8. The summed E-state index contributed by atoms with van der Waals surface area (Å²) in [4.78, 5) is 76.0. The Morgan fingerprint density at radius 3 is 2.30 bits per heavy atom. The molecule has 4 amide bonds. The maximum absolute atomic E-state index is 14.0. The van der Waals surface area contributed by atoms with E-state index in [1.807, 2.05) is 66.7 Å². The van der Waals surface area contributed by atoms with Crippen LogP contribution in [0.4, 0.5) is 5.69 Å². The first-order valence-corrected chi connectivity index (χ1v) is 19.8. The lowest BCUT2D eigenvalue weighted by Gasteiger charge is -2.37. The van der Waals surface area contributed by atoms with Crippen LogP contribution in [-0.4, -0.2) is 100 Å². The summed E-state index contributed by atoms with van der Waals surface area (Å²) >= 11 is 0.855. The van der Waals surface area contributed by atoms with Crippen LogP contribution in [0.2, 0.25) is 0 Å². The first-order valence-electron chi connectivity index (χ1n) is 16.8. The summed E-state index contributed by atoms with van der Waals surface area (Å²) in [6.45, 7) is 3.82. The van der Waals surface area contributed by atoms with Crippen LogP contribution < -0.4 is 26.6 Å². The number of benzene rings is 3. The molecule has 50 heavy (non-hydrogen) atoms. The molecule has 13 nitrogen and oxygen atoms in total. The van der Waals surface area contributed by atoms with Crippen LogP contribution in [0.15, 0.2) is 66.7 Å². The zero-order valence-corrected chi connectivity index (χ0v) is 29.5. The van der Waals surface area contributed by atoms with Crippen molar-refractivity contribution in [3.8, 4) is 0 Å². The lowest BCUT2D eigenvalue weighted by atomic mass is 9.98. The molecule has 5 rings (SSSR count). The zero-order valence-electron chi connectivity index (χ0n) is 27.8. The monoisotopic (exact) mass is 724 g/mol. The highest BCUT2D eigenvalue weighted by atomic mass is 32.2. The number of fused-ring (bicyclic) bond motifs is 1. The first-order chi connectivity index (χ1) is 24.0. The Bertz CT molecular complexity index is 1720. The quantitative estimate of drug-likeness (QED) is 0.133. The highest BCUT2D eigenvalue weighted by Crippen LogP contribution is 2.38. The highest BCUT2D eigenvalue weighted by Gasteiger charge is 2.37. The van der Waals surface area contributed by atoms with E-state index in [2.05, 4.69) is 20.9 Å². The van der Waals surface area contributed by atoms with Crippen molar-refractivity contribution in [3.63, 3.8) is 0 Å². The molecule has 2 aliphatic heterocycles. The van der Waals surface area contributed by atoms with Crippen molar-refractivity contribution < 1.29 is 33.5 Å². The molecule has 3 aromatic rings. The maximum atomic E-state index is 14.0. The second kappa shape index (κ2) is 17.3. The van der Waals surface area contributed by atoms with Crippen LogP contribution in [-0.2, 0) is 36.6 Å². The van der Waals surface area contributed by atoms with Gasteiger partial charge in [-0.3, -0.25) is 23.7 Å². The maximum Gasteiger partial charge on any atom is 0.335 e. The molecule has 0 spiro atoms. The number of piperidine rings is 1. The van der Waals surface area contributed by atoms with Gasteiger partial charge < -0.3 is 41.3 Å². The number of nitrogens with one attached hydrogen (secondary N) is 3. The van der Waals surface area contributed by atoms with E-state index in [4.69, 9.17) is 5.73 Å². The standard InChI is InChI=1S/C35H45N6O7PS/c36-33(43)29(20-25-8-11-26-5-1-2-6-27(26)19-25)39-34(44)31-7-3-4-16-41(31)35(45)30(22-50-23-49(46,47)48)38-32(42)21-24-9-12-28(13-10-24)40-17-14-37-15-18-40/h1-2,5-6,8-13,19,29-31,37H,3-4,7,14-18,20-23H2,(H2,36,43)(H,38,42)(H,39,44)(H2,46,47,48)/t29-,30-,31-/m0/s1. The van der Waals surface area contributed by atoms with Crippen molar-refractivity contribution >= 4 is 59.4 Å². The number of thioether (sulfide) groups is 1. The molecule has 0 aromatic heterocycles. The van der Waals surface area contributed by atoms with Crippen LogP contribution in [0.1, 0.15) is 30.4 Å². The van der Waals surface area contributed by atoms with E-state index in [0.29, 0.717) is 19.3 Å². The summed E-state index contributed by atoms with van der Waals surface area (Å²) in [6, 6.07) is 18.1. The Kier molecular flexibility index (Phi) is 12.9. The number of hydrogen-bond donors (Lipinski definition) is 6. The third-order valence-electron chi connectivity index (χ3n) is 8.96. The fourth-order valence-electron chi connectivity index (χ4n) is 6.40. The Morgan fingerprint density at radius 1 is 0.900 bits per heavy atom. The number of piperazine rings is 1. The largest absolute Gasteiger partial charge is 0.369 e. The molecule has 0 unspecified atom stereocenters. The molecular formula is C35H45N6O7PS. The number of likely N-dealkylation sites (tertiary alicyclic amines) is 1. The smallest absolute Gasteiger partial charge is 0.335 e. The zero-order chi connectivity index (χ0) is 35.7. The van der Waals surface area contributed by atoms with Gasteiger partial charge in [0.15, 0.2) is 0 Å². The summed E-state index contributed by atoms with van der Waals surface area (Å²) in [7, 11) is -4.38. The van der Waals surface area contributed by atoms with Crippen LogP contribution in [0, 0.1) is 0 Å². The molecule has 7 N–H and O–H groups in total. The second-order valence-corrected chi connectivity index (χ2v) is 15.9. The fourth-order valence-corrected chi connectivity index (χ4v) is 8.24. The highest BCUT2D eigenvalue weighted by molar-refractivity contribution is 8.04. The van der Waals surface area contributed by atoms with Crippen LogP contribution in [0.25, 0.3) is 10.8 Å². The summed E-state index contributed by atoms with van der Waals surface area (Å²) < 4.78 is 11.6. The van der Waals surface area contributed by atoms with Crippen molar-refractivity contribution in [1.29, 1.82) is 0 Å². The topological polar surface area (TPSA) is 194 Å². The molecule has 0 saturated carbocycles. The molecule has 2 saturated heterocycles. The fraction of sp³-hybridized carbons (Fsp3) is 0.429. The molecule has 3 atom stereocenters. The number of amides is 4. The SMILES string of the molecule is NC(=O)[C@H](Cc1ccc2ccccc2c1)NC(=O)[C@@H]1CCCCN1C(=O)[C@H](CSCP(=O)(O)O)NC(=O)Cc1ccc(N2CCNCC2)cc1. The molecular weight excluding hydrogens is 679 g/mol. The van der Waals surface area contributed by atoms with Crippen LogP contribution in [0.5, 0.6) is 0 Å². The minimum absolute atomic E-state index is 0.00620. The summed E-state index contributed by atoms with van der Waals surface area (Å²) in [5.74, 6) is -2.30. The van der Waals surface area contributed by atoms with Gasteiger partial charge in [-0.05, 0) is 53.3 Å². The van der Waals surface area contributed by atoms with E-state index < -0.39 is 54.8 Å². The van der Waals surface area contributed by atoms with E-state index >= 15 is 0 Å². The van der Waals surface area contributed by atoms with E-state index in [1.54, 1.807) is 0 Å². The Morgan fingerprint density at radius 2 is 1.60 bits per heavy atom. The lowest BCUT2D eigenvalue weighted by molar-refractivity contribution is -0.145. The van der Waals surface area contributed by atoms with Crippen molar-refractivity contribution in [2.45, 2.75) is 50.2 Å². The molecule has 2 fully saturated rings. The molecule has 0 radical (unpaired) electrons. The molecule has 2 heterocycles. The molecule has 15 heteroatoms. The first kappa shape index (κ1) is 37.3. The normalized spacial score (nSPS) is 17.9. The Labute approximate surface area is 295 Å². The minimum Gasteiger partial charge on any atom is -0.369 e. The summed E-state index contributed by atoms with van der Waals surface area (Å²) in [5.41, 5.74) is 7.81. The van der Waals surface area contributed by atoms with Crippen LogP contribution in [0.3, 0.4) is 0 Å². The average Bonchev–Trinajstić information content (AvgIpc) is 3.10. The van der Waals surface area contributed by atoms with Crippen molar-refractivity contribution in [2.75, 3.05) is 48.9 Å². The van der Waals surface area contributed by atoms with E-state index in [9.17, 15) is 33.5 Å². The van der Waals surface area contributed by atoms with Gasteiger partial charge in [0.2, 0.25) is 23.6 Å². The number of anilines is 1. The van der Waals surface area contributed by atoms with Crippen molar-refractivity contribution in [1.82, 2.24) is 20.9 Å². The summed E-state index contributed by atoms with van der Waals surface area (Å²) in [6.07, 6.45) is 1.80. The van der Waals surface area contributed by atoms with Crippen molar-refractivity contribution in [2.24, 2.45) is 5.73 Å². The van der Waals surface area contributed by atoms with Gasteiger partial charge in [-0.25, -0.2) is 0 Å². The van der Waals surface area contributed by atoms with Gasteiger partial charge in [0.25, 0.3) is 0 Å². The number of carbonyl (C=O) groups is 4. The molecule has 3 aromatic carbocycles. The van der Waals surface area contributed by atoms with Gasteiger partial charge >= 0.3 is 7.60 Å². The third kappa shape index (κ3) is 10.5. The van der Waals surface area contributed by atoms with Gasteiger partial charge in [0, 0.05) is 50.6 Å². The van der Waals surface area contributed by atoms with Gasteiger partial charge in [-0.15, -0.1) is 11.8 Å². The Hall–Kier alpha value is -3.94. The van der Waals surface area contributed by atoms with E-state index in [-0.39, 0.29) is 25.1 Å². The van der Waals surface area contributed by atoms with Gasteiger partial charge in [-0.1, -0.05) is 54.6 Å². The lowest BCUT2D eigenvalue weighted by Crippen LogP contribution is -2.60. The van der Waals surface area contributed by atoms with Gasteiger partial charge in [0.1, 0.15) is 18.1 Å². The molecule has 0 bridgehead atoms. The molecule has 0 aliphatic carbocycles. The number of hydrogen-bond acceptors (Lipinski definition) is 8. The number of nitrogens with zero attached hydrogens (tertiary/aromatic N) is 2.